The first kappa shape index (κ1) is 13.1. The maximum Gasteiger partial charge on any atom is 0.0737 e. The standard InChI is InChI=1S/C13H16ClN3O/c1-18-8-10(7-15)17-12-4-5-16-13-6-9(14)2-3-11(12)13/h2-6,10H,7-8,15H2,1H3,(H,16,17). The lowest BCUT2D eigenvalue weighted by Gasteiger charge is -2.18. The van der Waals surface area contributed by atoms with E-state index in [2.05, 4.69) is 10.3 Å². The van der Waals surface area contributed by atoms with Gasteiger partial charge in [-0.05, 0) is 24.3 Å². The Morgan fingerprint density at radius 2 is 2.28 bits per heavy atom. The molecular formula is C13H16ClN3O. The van der Waals surface area contributed by atoms with Gasteiger partial charge in [-0.15, -0.1) is 0 Å². The SMILES string of the molecule is COCC(CN)Nc1ccnc2cc(Cl)ccc12. The average Bonchev–Trinajstić information content (AvgIpc) is 2.38. The van der Waals surface area contributed by atoms with Crippen LogP contribution in [0.25, 0.3) is 10.9 Å². The molecule has 0 aliphatic rings. The van der Waals surface area contributed by atoms with E-state index in [-0.39, 0.29) is 6.04 Å². The van der Waals surface area contributed by atoms with Crippen LogP contribution in [0.15, 0.2) is 30.5 Å². The molecule has 1 heterocycles. The molecule has 18 heavy (non-hydrogen) atoms. The first-order valence-corrected chi connectivity index (χ1v) is 6.12. The Hall–Kier alpha value is -1.36. The van der Waals surface area contributed by atoms with E-state index in [0.717, 1.165) is 16.6 Å². The van der Waals surface area contributed by atoms with Crippen LogP contribution in [-0.2, 0) is 4.74 Å². The van der Waals surface area contributed by atoms with Gasteiger partial charge >= 0.3 is 0 Å². The van der Waals surface area contributed by atoms with Crippen molar-refractivity contribution in [3.05, 3.63) is 35.5 Å². The van der Waals surface area contributed by atoms with Gasteiger partial charge in [-0.25, -0.2) is 0 Å². The van der Waals surface area contributed by atoms with Crippen molar-refractivity contribution in [1.29, 1.82) is 0 Å². The van der Waals surface area contributed by atoms with Crippen molar-refractivity contribution in [3.8, 4) is 0 Å². The summed E-state index contributed by atoms with van der Waals surface area (Å²) in [5.41, 5.74) is 7.55. The molecule has 0 radical (unpaired) electrons. The second-order valence-electron chi connectivity index (χ2n) is 4.05. The summed E-state index contributed by atoms with van der Waals surface area (Å²) in [6, 6.07) is 7.65. The number of nitrogens with two attached hydrogens (primary N) is 1. The largest absolute Gasteiger partial charge is 0.383 e. The molecule has 4 nitrogen and oxygen atoms in total. The molecular weight excluding hydrogens is 250 g/mol. The highest BCUT2D eigenvalue weighted by Gasteiger charge is 2.08. The molecule has 1 unspecified atom stereocenters. The van der Waals surface area contributed by atoms with E-state index in [1.165, 1.54) is 0 Å². The minimum absolute atomic E-state index is 0.0799. The number of nitrogens with zero attached hydrogens (tertiary/aromatic N) is 1. The van der Waals surface area contributed by atoms with E-state index < -0.39 is 0 Å². The summed E-state index contributed by atoms with van der Waals surface area (Å²) in [5.74, 6) is 0. The predicted molar refractivity (Wildman–Crippen MR) is 75.1 cm³/mol. The summed E-state index contributed by atoms with van der Waals surface area (Å²) in [6.45, 7) is 1.07. The number of halogens is 1. The molecule has 0 spiro atoms. The highest BCUT2D eigenvalue weighted by atomic mass is 35.5. The molecule has 0 fully saturated rings. The van der Waals surface area contributed by atoms with Crippen LogP contribution < -0.4 is 11.1 Å². The summed E-state index contributed by atoms with van der Waals surface area (Å²) < 4.78 is 5.12. The van der Waals surface area contributed by atoms with Gasteiger partial charge < -0.3 is 15.8 Å². The second kappa shape index (κ2) is 6.00. The van der Waals surface area contributed by atoms with Gasteiger partial charge in [-0.3, -0.25) is 4.98 Å². The molecule has 2 rings (SSSR count). The lowest BCUT2D eigenvalue weighted by Crippen LogP contribution is -2.33. The van der Waals surface area contributed by atoms with Crippen LogP contribution in [0.5, 0.6) is 0 Å². The lowest BCUT2D eigenvalue weighted by molar-refractivity contribution is 0.187. The predicted octanol–water partition coefficient (Wildman–Crippen LogP) is 2.27. The summed E-state index contributed by atoms with van der Waals surface area (Å²) >= 11 is 5.95. The second-order valence-corrected chi connectivity index (χ2v) is 4.49. The van der Waals surface area contributed by atoms with Gasteiger partial charge in [0.1, 0.15) is 0 Å². The summed E-state index contributed by atoms with van der Waals surface area (Å²) in [5, 5.41) is 5.06. The first-order valence-electron chi connectivity index (χ1n) is 5.74. The minimum Gasteiger partial charge on any atom is -0.383 e. The Balaban J connectivity index is 2.32. The van der Waals surface area contributed by atoms with Crippen molar-refractivity contribution >= 4 is 28.2 Å². The smallest absolute Gasteiger partial charge is 0.0737 e. The molecule has 0 aliphatic heterocycles. The molecule has 0 saturated heterocycles. The van der Waals surface area contributed by atoms with Crippen molar-refractivity contribution < 1.29 is 4.74 Å². The van der Waals surface area contributed by atoms with Crippen molar-refractivity contribution in [3.63, 3.8) is 0 Å². The molecule has 3 N–H and O–H groups in total. The average molecular weight is 266 g/mol. The minimum atomic E-state index is 0.0799. The van der Waals surface area contributed by atoms with Crippen LogP contribution >= 0.6 is 11.6 Å². The van der Waals surface area contributed by atoms with E-state index in [4.69, 9.17) is 22.1 Å². The van der Waals surface area contributed by atoms with Crippen LogP contribution in [0.3, 0.4) is 0 Å². The van der Waals surface area contributed by atoms with Crippen molar-refractivity contribution in [2.75, 3.05) is 25.6 Å². The number of methoxy groups -OCH3 is 1. The Morgan fingerprint density at radius 1 is 1.44 bits per heavy atom. The third kappa shape index (κ3) is 2.90. The zero-order valence-corrected chi connectivity index (χ0v) is 10.9. The number of anilines is 1. The normalized spacial score (nSPS) is 12.6. The summed E-state index contributed by atoms with van der Waals surface area (Å²) in [7, 11) is 1.66. The molecule has 1 aromatic heterocycles. The maximum atomic E-state index is 5.95. The van der Waals surface area contributed by atoms with Gasteiger partial charge in [-0.1, -0.05) is 11.6 Å². The zero-order valence-electron chi connectivity index (χ0n) is 10.2. The zero-order chi connectivity index (χ0) is 13.0. The van der Waals surface area contributed by atoms with Crippen molar-refractivity contribution in [2.45, 2.75) is 6.04 Å². The topological polar surface area (TPSA) is 60.2 Å². The van der Waals surface area contributed by atoms with Crippen molar-refractivity contribution in [2.24, 2.45) is 5.73 Å². The number of benzene rings is 1. The fraction of sp³-hybridized carbons (Fsp3) is 0.308. The first-order chi connectivity index (χ1) is 8.74. The quantitative estimate of drug-likeness (QED) is 0.871. The van der Waals surface area contributed by atoms with E-state index in [9.17, 15) is 0 Å². The fourth-order valence-electron chi connectivity index (χ4n) is 1.84. The monoisotopic (exact) mass is 265 g/mol. The molecule has 2 aromatic rings. The van der Waals surface area contributed by atoms with Crippen LogP contribution in [0, 0.1) is 0 Å². The van der Waals surface area contributed by atoms with Crippen LogP contribution in [-0.4, -0.2) is 31.3 Å². The van der Waals surface area contributed by atoms with Gasteiger partial charge in [0.25, 0.3) is 0 Å². The molecule has 1 atom stereocenters. The maximum absolute atomic E-state index is 5.95. The van der Waals surface area contributed by atoms with Gasteiger partial charge in [0.05, 0.1) is 18.2 Å². The number of nitrogens with one attached hydrogen (secondary N) is 1. The summed E-state index contributed by atoms with van der Waals surface area (Å²) in [4.78, 5) is 4.29. The van der Waals surface area contributed by atoms with Crippen LogP contribution in [0.4, 0.5) is 5.69 Å². The Kier molecular flexibility index (Phi) is 4.36. The number of hydrogen-bond acceptors (Lipinski definition) is 4. The third-order valence-electron chi connectivity index (χ3n) is 2.72. The molecule has 0 aliphatic carbocycles. The Morgan fingerprint density at radius 3 is 3.00 bits per heavy atom. The van der Waals surface area contributed by atoms with Gasteiger partial charge in [-0.2, -0.15) is 0 Å². The molecule has 0 saturated carbocycles. The van der Waals surface area contributed by atoms with Gasteiger partial charge in [0.2, 0.25) is 0 Å². The number of aromatic nitrogens is 1. The molecule has 0 bridgehead atoms. The lowest BCUT2D eigenvalue weighted by atomic mass is 10.1. The highest BCUT2D eigenvalue weighted by Crippen LogP contribution is 2.24. The fourth-order valence-corrected chi connectivity index (χ4v) is 2.00. The Bertz CT molecular complexity index is 533. The third-order valence-corrected chi connectivity index (χ3v) is 2.95. The molecule has 0 amide bonds. The van der Waals surface area contributed by atoms with Gasteiger partial charge in [0, 0.05) is 35.9 Å². The van der Waals surface area contributed by atoms with Crippen LogP contribution in [0.2, 0.25) is 5.02 Å². The Labute approximate surface area is 111 Å². The van der Waals surface area contributed by atoms with Gasteiger partial charge in [0.15, 0.2) is 0 Å². The van der Waals surface area contributed by atoms with E-state index in [1.807, 2.05) is 24.3 Å². The number of fused-ring (bicyclic) bond motifs is 1. The highest BCUT2D eigenvalue weighted by molar-refractivity contribution is 6.31. The molecule has 1 aromatic carbocycles. The molecule has 5 heteroatoms. The number of ether oxygens (including phenoxy) is 1. The van der Waals surface area contributed by atoms with E-state index >= 15 is 0 Å². The van der Waals surface area contributed by atoms with E-state index in [1.54, 1.807) is 13.3 Å². The van der Waals surface area contributed by atoms with E-state index in [0.29, 0.717) is 18.2 Å². The van der Waals surface area contributed by atoms with Crippen LogP contribution in [0.1, 0.15) is 0 Å². The van der Waals surface area contributed by atoms with Crippen molar-refractivity contribution in [1.82, 2.24) is 4.98 Å². The number of rotatable bonds is 5. The number of pyridine rings is 1. The summed E-state index contributed by atoms with van der Waals surface area (Å²) in [6.07, 6.45) is 1.75. The molecule has 96 valence electrons. The number of hydrogen-bond donors (Lipinski definition) is 2.